The zero-order chi connectivity index (χ0) is 15.6. The maximum Gasteiger partial charge on any atom is 0.294 e. The van der Waals surface area contributed by atoms with Crippen molar-refractivity contribution in [2.75, 3.05) is 4.72 Å². The van der Waals surface area contributed by atoms with Crippen LogP contribution in [0.2, 0.25) is 0 Å². The number of rotatable bonds is 4. The van der Waals surface area contributed by atoms with E-state index in [1.165, 1.54) is 24.3 Å². The number of nitrogens with zero attached hydrogens (tertiary/aromatic N) is 1. The smallest absolute Gasteiger partial charge is 0.273 e. The Labute approximate surface area is 130 Å². The molecule has 110 valence electrons. The lowest BCUT2D eigenvalue weighted by molar-refractivity contribution is -0.384. The van der Waals surface area contributed by atoms with E-state index in [0.717, 1.165) is 0 Å². The Balaban J connectivity index is 2.47. The molecule has 21 heavy (non-hydrogen) atoms. The van der Waals surface area contributed by atoms with E-state index < -0.39 is 14.9 Å². The summed E-state index contributed by atoms with van der Waals surface area (Å²) in [5, 5.41) is 11.0. The van der Waals surface area contributed by atoms with E-state index in [1.807, 2.05) is 0 Å². The molecule has 2 aromatic rings. The van der Waals surface area contributed by atoms with Crippen LogP contribution in [0.5, 0.6) is 0 Å². The molecule has 0 aliphatic carbocycles. The van der Waals surface area contributed by atoms with Gasteiger partial charge in [-0.2, -0.15) is 0 Å². The van der Waals surface area contributed by atoms with Crippen LogP contribution in [0.25, 0.3) is 0 Å². The lowest BCUT2D eigenvalue weighted by Crippen LogP contribution is -2.15. The fourth-order valence-electron chi connectivity index (χ4n) is 1.80. The minimum absolute atomic E-state index is 0.0774. The second-order valence-electron chi connectivity index (χ2n) is 4.29. The van der Waals surface area contributed by atoms with Crippen molar-refractivity contribution in [3.8, 4) is 0 Å². The van der Waals surface area contributed by atoms with Gasteiger partial charge < -0.3 is 0 Å². The molecule has 0 bridgehead atoms. The van der Waals surface area contributed by atoms with E-state index in [9.17, 15) is 18.5 Å². The van der Waals surface area contributed by atoms with Crippen molar-refractivity contribution >= 4 is 37.3 Å². The van der Waals surface area contributed by atoms with Gasteiger partial charge in [0.25, 0.3) is 15.7 Å². The molecule has 6 nitrogen and oxygen atoms in total. The number of hydrogen-bond donors (Lipinski definition) is 1. The molecule has 0 aliphatic rings. The van der Waals surface area contributed by atoms with Gasteiger partial charge in [0.1, 0.15) is 5.69 Å². The van der Waals surface area contributed by atoms with Crippen molar-refractivity contribution in [3.05, 3.63) is 62.6 Å². The van der Waals surface area contributed by atoms with Gasteiger partial charge in [0.2, 0.25) is 0 Å². The molecular weight excluding hydrogens is 360 g/mol. The van der Waals surface area contributed by atoms with Crippen molar-refractivity contribution in [3.63, 3.8) is 0 Å². The molecule has 2 rings (SSSR count). The molecule has 0 atom stereocenters. The second-order valence-corrected chi connectivity index (χ2v) is 6.86. The number of halogens is 1. The number of sulfonamides is 1. The lowest BCUT2D eigenvalue weighted by Gasteiger charge is -2.10. The SMILES string of the molecule is Cc1ccccc1S(=O)(=O)Nc1ccc(Br)cc1[N+](=O)[O-]. The van der Waals surface area contributed by atoms with E-state index in [2.05, 4.69) is 20.7 Å². The fraction of sp³-hybridized carbons (Fsp3) is 0.0769. The van der Waals surface area contributed by atoms with Gasteiger partial charge in [-0.25, -0.2) is 8.42 Å². The van der Waals surface area contributed by atoms with Crippen molar-refractivity contribution in [1.29, 1.82) is 0 Å². The maximum absolute atomic E-state index is 12.3. The molecule has 2 aromatic carbocycles. The molecule has 0 amide bonds. The highest BCUT2D eigenvalue weighted by Crippen LogP contribution is 2.30. The maximum atomic E-state index is 12.3. The summed E-state index contributed by atoms with van der Waals surface area (Å²) >= 11 is 3.12. The van der Waals surface area contributed by atoms with Crippen LogP contribution in [0, 0.1) is 17.0 Å². The average Bonchev–Trinajstić information content (AvgIpc) is 2.40. The first-order valence-electron chi connectivity index (χ1n) is 5.83. The van der Waals surface area contributed by atoms with Gasteiger partial charge in [0, 0.05) is 10.5 Å². The molecule has 1 N–H and O–H groups in total. The van der Waals surface area contributed by atoms with Crippen molar-refractivity contribution in [1.82, 2.24) is 0 Å². The Kier molecular flexibility index (Phi) is 4.29. The summed E-state index contributed by atoms with van der Waals surface area (Å²) in [7, 11) is -3.88. The van der Waals surface area contributed by atoms with Gasteiger partial charge in [-0.3, -0.25) is 14.8 Å². The highest BCUT2D eigenvalue weighted by atomic mass is 79.9. The Hall–Kier alpha value is -1.93. The van der Waals surface area contributed by atoms with Crippen LogP contribution < -0.4 is 4.72 Å². The third-order valence-corrected chi connectivity index (χ3v) is 4.80. The van der Waals surface area contributed by atoms with E-state index in [-0.39, 0.29) is 16.3 Å². The highest BCUT2D eigenvalue weighted by molar-refractivity contribution is 9.10. The van der Waals surface area contributed by atoms with Gasteiger partial charge in [0.05, 0.1) is 9.82 Å². The van der Waals surface area contributed by atoms with Gasteiger partial charge in [-0.15, -0.1) is 0 Å². The third kappa shape index (κ3) is 3.40. The molecule has 0 saturated carbocycles. The number of hydrogen-bond acceptors (Lipinski definition) is 4. The van der Waals surface area contributed by atoms with Crippen LogP contribution in [0.3, 0.4) is 0 Å². The Bertz CT molecular complexity index is 806. The van der Waals surface area contributed by atoms with Gasteiger partial charge in [0.15, 0.2) is 0 Å². The normalized spacial score (nSPS) is 11.1. The number of benzene rings is 2. The number of aryl methyl sites for hydroxylation is 1. The van der Waals surface area contributed by atoms with E-state index in [4.69, 9.17) is 0 Å². The second kappa shape index (κ2) is 5.82. The summed E-state index contributed by atoms with van der Waals surface area (Å²) in [4.78, 5) is 10.5. The molecule has 0 aromatic heterocycles. The quantitative estimate of drug-likeness (QED) is 0.658. The summed E-state index contributed by atoms with van der Waals surface area (Å²) in [5.74, 6) is 0. The van der Waals surface area contributed by atoms with Gasteiger partial charge >= 0.3 is 0 Å². The Morgan fingerprint density at radius 2 is 1.86 bits per heavy atom. The highest BCUT2D eigenvalue weighted by Gasteiger charge is 2.22. The predicted molar refractivity (Wildman–Crippen MR) is 82.8 cm³/mol. The lowest BCUT2D eigenvalue weighted by atomic mass is 10.2. The van der Waals surface area contributed by atoms with Crippen LogP contribution in [0.1, 0.15) is 5.56 Å². The number of nitro groups is 1. The average molecular weight is 371 g/mol. The standard InChI is InChI=1S/C13H11BrN2O4S/c1-9-4-2-3-5-13(9)21(19,20)15-11-7-6-10(14)8-12(11)16(17)18/h2-8,15H,1H3. The first-order valence-corrected chi connectivity index (χ1v) is 8.11. The zero-order valence-electron chi connectivity index (χ0n) is 10.9. The van der Waals surface area contributed by atoms with Gasteiger partial charge in [-0.05, 0) is 30.7 Å². The molecule has 8 heteroatoms. The molecule has 0 fully saturated rings. The molecule has 0 saturated heterocycles. The van der Waals surface area contributed by atoms with Crippen LogP contribution in [0.4, 0.5) is 11.4 Å². The van der Waals surface area contributed by atoms with E-state index >= 15 is 0 Å². The van der Waals surface area contributed by atoms with E-state index in [0.29, 0.717) is 10.0 Å². The van der Waals surface area contributed by atoms with Gasteiger partial charge in [-0.1, -0.05) is 34.1 Å². The molecule has 0 radical (unpaired) electrons. The van der Waals surface area contributed by atoms with Crippen LogP contribution >= 0.6 is 15.9 Å². The van der Waals surface area contributed by atoms with Crippen molar-refractivity contribution in [2.24, 2.45) is 0 Å². The molecule has 0 unspecified atom stereocenters. The summed E-state index contributed by atoms with van der Waals surface area (Å²) < 4.78 is 27.4. The molecule has 0 aliphatic heterocycles. The minimum atomic E-state index is -3.88. The van der Waals surface area contributed by atoms with Crippen molar-refractivity contribution < 1.29 is 13.3 Å². The predicted octanol–water partition coefficient (Wildman–Crippen LogP) is 3.47. The molecule has 0 heterocycles. The fourth-order valence-corrected chi connectivity index (χ4v) is 3.47. The number of nitro benzene ring substituents is 1. The Morgan fingerprint density at radius 1 is 1.19 bits per heavy atom. The minimum Gasteiger partial charge on any atom is -0.273 e. The monoisotopic (exact) mass is 370 g/mol. The largest absolute Gasteiger partial charge is 0.294 e. The summed E-state index contributed by atoms with van der Waals surface area (Å²) in [6.07, 6.45) is 0. The Morgan fingerprint density at radius 3 is 2.48 bits per heavy atom. The van der Waals surface area contributed by atoms with Crippen LogP contribution in [-0.2, 0) is 10.0 Å². The van der Waals surface area contributed by atoms with Crippen molar-refractivity contribution in [2.45, 2.75) is 11.8 Å². The number of anilines is 1. The molecule has 0 spiro atoms. The topological polar surface area (TPSA) is 89.3 Å². The van der Waals surface area contributed by atoms with E-state index in [1.54, 1.807) is 25.1 Å². The van der Waals surface area contributed by atoms with Crippen LogP contribution in [-0.4, -0.2) is 13.3 Å². The summed E-state index contributed by atoms with van der Waals surface area (Å²) in [5.41, 5.74) is 0.165. The zero-order valence-corrected chi connectivity index (χ0v) is 13.3. The molecular formula is C13H11BrN2O4S. The summed E-state index contributed by atoms with van der Waals surface area (Å²) in [6.45, 7) is 1.66. The third-order valence-electron chi connectivity index (χ3n) is 2.78. The summed E-state index contributed by atoms with van der Waals surface area (Å²) in [6, 6.07) is 10.5. The van der Waals surface area contributed by atoms with Crippen LogP contribution in [0.15, 0.2) is 51.8 Å². The first-order chi connectivity index (χ1) is 9.81. The first kappa shape index (κ1) is 15.5. The number of nitrogens with one attached hydrogen (secondary N) is 1.